The highest BCUT2D eigenvalue weighted by atomic mass is 16.6. The summed E-state index contributed by atoms with van der Waals surface area (Å²) in [5.74, 6) is 0. The number of pyridine rings is 1. The molecule has 0 saturated carbocycles. The van der Waals surface area contributed by atoms with Crippen molar-refractivity contribution in [2.45, 2.75) is 39.5 Å². The third-order valence-corrected chi connectivity index (χ3v) is 2.67. The summed E-state index contributed by atoms with van der Waals surface area (Å²) in [6, 6.07) is 1.43. The topological polar surface area (TPSA) is 97.4 Å². The first-order valence-electron chi connectivity index (χ1n) is 6.08. The summed E-state index contributed by atoms with van der Waals surface area (Å²) in [5.41, 5.74) is -0.156. The summed E-state index contributed by atoms with van der Waals surface area (Å²) in [4.78, 5) is 22.0. The van der Waals surface area contributed by atoms with Gasteiger partial charge in [-0.3, -0.25) is 14.9 Å². The Bertz CT molecular complexity index is 510. The minimum atomic E-state index is -0.776. The van der Waals surface area contributed by atoms with Gasteiger partial charge in [-0.15, -0.1) is 0 Å². The Morgan fingerprint density at radius 1 is 1.53 bits per heavy atom. The number of rotatable bonds is 6. The van der Waals surface area contributed by atoms with E-state index in [1.807, 2.05) is 13.8 Å². The molecule has 0 spiro atoms. The molecule has 1 aromatic heterocycles. The van der Waals surface area contributed by atoms with E-state index in [0.29, 0.717) is 12.1 Å². The fraction of sp³-hybridized carbons (Fsp3) is 0.583. The third kappa shape index (κ3) is 4.46. The van der Waals surface area contributed by atoms with Gasteiger partial charge in [0.2, 0.25) is 0 Å². The highest BCUT2D eigenvalue weighted by Crippen LogP contribution is 2.14. The van der Waals surface area contributed by atoms with Crippen LogP contribution in [0.5, 0.6) is 0 Å². The van der Waals surface area contributed by atoms with Crippen molar-refractivity contribution in [3.63, 3.8) is 0 Å². The second kappa shape index (κ2) is 6.44. The second-order valence-corrected chi connectivity index (χ2v) is 4.81. The molecule has 1 atom stereocenters. The largest absolute Gasteiger partial charge is 0.390 e. The molecule has 1 unspecified atom stereocenters. The van der Waals surface area contributed by atoms with E-state index in [2.05, 4.69) is 5.32 Å². The van der Waals surface area contributed by atoms with Crippen LogP contribution in [-0.4, -0.2) is 33.3 Å². The van der Waals surface area contributed by atoms with Crippen LogP contribution in [0.4, 0.5) is 5.69 Å². The molecule has 19 heavy (non-hydrogen) atoms. The lowest BCUT2D eigenvalue weighted by molar-refractivity contribution is -0.386. The lowest BCUT2D eigenvalue weighted by Crippen LogP contribution is -2.36. The van der Waals surface area contributed by atoms with E-state index in [1.54, 1.807) is 0 Å². The lowest BCUT2D eigenvalue weighted by atomic mass is 10.2. The van der Waals surface area contributed by atoms with Crippen LogP contribution in [0.25, 0.3) is 0 Å². The van der Waals surface area contributed by atoms with Crippen molar-refractivity contribution < 1.29 is 10.0 Å². The van der Waals surface area contributed by atoms with Crippen molar-refractivity contribution in [2.24, 2.45) is 0 Å². The smallest absolute Gasteiger partial charge is 0.288 e. The average Bonchev–Trinajstić information content (AvgIpc) is 2.29. The Balaban J connectivity index is 2.86. The fourth-order valence-corrected chi connectivity index (χ4v) is 1.65. The van der Waals surface area contributed by atoms with Gasteiger partial charge in [0, 0.05) is 24.2 Å². The molecule has 7 nitrogen and oxygen atoms in total. The van der Waals surface area contributed by atoms with Crippen LogP contribution < -0.4 is 10.9 Å². The first-order chi connectivity index (χ1) is 8.81. The standard InChI is InChI=1S/C12H19N3O4/c1-8(2)13-5-10(16)6-14-7-11(15(18)19)9(3)4-12(14)17/h4,7-8,10,13,16H,5-6H2,1-3H3. The molecular weight excluding hydrogens is 250 g/mol. The monoisotopic (exact) mass is 269 g/mol. The van der Waals surface area contributed by atoms with Gasteiger partial charge in [-0.2, -0.15) is 0 Å². The summed E-state index contributed by atoms with van der Waals surface area (Å²) in [6.07, 6.45) is 0.401. The Labute approximate surface area is 111 Å². The minimum absolute atomic E-state index is 0.0275. The molecule has 0 aliphatic heterocycles. The molecule has 0 aromatic carbocycles. The van der Waals surface area contributed by atoms with Crippen LogP contribution in [0.1, 0.15) is 19.4 Å². The number of aromatic nitrogens is 1. The van der Waals surface area contributed by atoms with Crippen molar-refractivity contribution in [3.05, 3.63) is 38.3 Å². The summed E-state index contributed by atoms with van der Waals surface area (Å²) in [6.45, 7) is 5.75. The van der Waals surface area contributed by atoms with E-state index >= 15 is 0 Å². The maximum Gasteiger partial charge on any atom is 0.288 e. The number of hydrogen-bond acceptors (Lipinski definition) is 5. The van der Waals surface area contributed by atoms with Gasteiger partial charge in [0.25, 0.3) is 11.2 Å². The zero-order valence-corrected chi connectivity index (χ0v) is 11.3. The number of aliphatic hydroxyl groups excluding tert-OH is 1. The third-order valence-electron chi connectivity index (χ3n) is 2.67. The first-order valence-corrected chi connectivity index (χ1v) is 6.08. The predicted octanol–water partition coefficient (Wildman–Crippen LogP) is 0.424. The molecule has 0 saturated heterocycles. The quantitative estimate of drug-likeness (QED) is 0.576. The molecule has 0 aliphatic carbocycles. The Kier molecular flexibility index (Phi) is 5.20. The minimum Gasteiger partial charge on any atom is -0.390 e. The van der Waals surface area contributed by atoms with Crippen molar-refractivity contribution in [1.29, 1.82) is 0 Å². The summed E-state index contributed by atoms with van der Waals surface area (Å²) in [5, 5.41) is 23.6. The number of aryl methyl sites for hydroxylation is 1. The number of nitrogens with one attached hydrogen (secondary N) is 1. The highest BCUT2D eigenvalue weighted by Gasteiger charge is 2.15. The van der Waals surface area contributed by atoms with E-state index in [4.69, 9.17) is 0 Å². The van der Waals surface area contributed by atoms with Crippen molar-refractivity contribution in [2.75, 3.05) is 6.54 Å². The van der Waals surface area contributed by atoms with Crippen molar-refractivity contribution in [1.82, 2.24) is 9.88 Å². The molecule has 1 heterocycles. The maximum atomic E-state index is 11.7. The SMILES string of the molecule is Cc1cc(=O)n(CC(O)CNC(C)C)cc1[N+](=O)[O-]. The normalized spacial score (nSPS) is 12.7. The van der Waals surface area contributed by atoms with Gasteiger partial charge in [-0.25, -0.2) is 0 Å². The maximum absolute atomic E-state index is 11.7. The van der Waals surface area contributed by atoms with Crippen molar-refractivity contribution >= 4 is 5.69 Å². The fourth-order valence-electron chi connectivity index (χ4n) is 1.65. The number of hydrogen-bond donors (Lipinski definition) is 2. The second-order valence-electron chi connectivity index (χ2n) is 4.81. The molecule has 1 aromatic rings. The zero-order chi connectivity index (χ0) is 14.6. The molecular formula is C12H19N3O4. The van der Waals surface area contributed by atoms with Gasteiger partial charge in [-0.05, 0) is 6.92 Å². The predicted molar refractivity (Wildman–Crippen MR) is 71.2 cm³/mol. The van der Waals surface area contributed by atoms with E-state index < -0.39 is 11.0 Å². The van der Waals surface area contributed by atoms with Gasteiger partial charge >= 0.3 is 0 Å². The van der Waals surface area contributed by atoms with Crippen LogP contribution in [0.15, 0.2) is 17.1 Å². The molecule has 7 heteroatoms. The van der Waals surface area contributed by atoms with Gasteiger partial charge in [0.15, 0.2) is 0 Å². The van der Waals surface area contributed by atoms with Crippen LogP contribution in [-0.2, 0) is 6.54 Å². The van der Waals surface area contributed by atoms with Gasteiger partial charge in [0.1, 0.15) is 0 Å². The van der Waals surface area contributed by atoms with Crippen LogP contribution >= 0.6 is 0 Å². The zero-order valence-electron chi connectivity index (χ0n) is 11.3. The molecule has 0 bridgehead atoms. The molecule has 2 N–H and O–H groups in total. The average molecular weight is 269 g/mol. The van der Waals surface area contributed by atoms with E-state index in [-0.39, 0.29) is 23.8 Å². The Morgan fingerprint density at radius 3 is 2.68 bits per heavy atom. The number of nitro groups is 1. The van der Waals surface area contributed by atoms with Gasteiger partial charge in [-0.1, -0.05) is 13.8 Å². The van der Waals surface area contributed by atoms with Crippen molar-refractivity contribution in [3.8, 4) is 0 Å². The number of aliphatic hydroxyl groups is 1. The Morgan fingerprint density at radius 2 is 2.16 bits per heavy atom. The van der Waals surface area contributed by atoms with Crippen LogP contribution in [0, 0.1) is 17.0 Å². The molecule has 106 valence electrons. The highest BCUT2D eigenvalue weighted by molar-refractivity contribution is 5.35. The van der Waals surface area contributed by atoms with E-state index in [0.717, 1.165) is 4.57 Å². The lowest BCUT2D eigenvalue weighted by Gasteiger charge is -2.15. The van der Waals surface area contributed by atoms with E-state index in [1.165, 1.54) is 19.2 Å². The summed E-state index contributed by atoms with van der Waals surface area (Å²) >= 11 is 0. The van der Waals surface area contributed by atoms with Crippen LogP contribution in [0.3, 0.4) is 0 Å². The molecule has 0 aliphatic rings. The molecule has 1 rings (SSSR count). The molecule has 0 radical (unpaired) electrons. The first kappa shape index (κ1) is 15.3. The number of nitrogens with zero attached hydrogens (tertiary/aromatic N) is 2. The molecule has 0 amide bonds. The van der Waals surface area contributed by atoms with Gasteiger partial charge in [0.05, 0.1) is 23.8 Å². The van der Waals surface area contributed by atoms with E-state index in [9.17, 15) is 20.0 Å². The van der Waals surface area contributed by atoms with Gasteiger partial charge < -0.3 is 15.0 Å². The summed E-state index contributed by atoms with van der Waals surface area (Å²) in [7, 11) is 0. The Hall–Kier alpha value is -1.73. The molecule has 0 fully saturated rings. The summed E-state index contributed by atoms with van der Waals surface area (Å²) < 4.78 is 1.16. The van der Waals surface area contributed by atoms with Crippen LogP contribution in [0.2, 0.25) is 0 Å².